The van der Waals surface area contributed by atoms with Crippen molar-refractivity contribution < 1.29 is 9.59 Å². The van der Waals surface area contributed by atoms with Crippen LogP contribution in [0.15, 0.2) is 72.8 Å². The first-order valence-electron chi connectivity index (χ1n) is 9.76. The fraction of sp³-hybridized carbons (Fsp3) is 0.154. The Kier molecular flexibility index (Phi) is 4.89. The van der Waals surface area contributed by atoms with Crippen LogP contribution in [0.3, 0.4) is 0 Å². The Bertz CT molecular complexity index is 1230. The predicted molar refractivity (Wildman–Crippen MR) is 118 cm³/mol. The molecule has 0 aliphatic heterocycles. The molecule has 3 heteroatoms. The zero-order valence-electron chi connectivity index (χ0n) is 16.9. The molecule has 3 aromatic carbocycles. The fourth-order valence-electron chi connectivity index (χ4n) is 4.18. The van der Waals surface area contributed by atoms with Crippen molar-refractivity contribution in [3.63, 3.8) is 0 Å². The zero-order valence-corrected chi connectivity index (χ0v) is 16.9. The highest BCUT2D eigenvalue weighted by molar-refractivity contribution is 6.01. The van der Waals surface area contributed by atoms with E-state index >= 15 is 0 Å². The van der Waals surface area contributed by atoms with E-state index in [4.69, 9.17) is 0 Å². The van der Waals surface area contributed by atoms with Crippen molar-refractivity contribution in [3.8, 4) is 16.9 Å². The number of para-hydroxylation sites is 1. The van der Waals surface area contributed by atoms with Gasteiger partial charge in [0, 0.05) is 23.4 Å². The average molecular weight is 381 g/mol. The number of ketones is 2. The van der Waals surface area contributed by atoms with E-state index in [9.17, 15) is 9.59 Å². The van der Waals surface area contributed by atoms with Gasteiger partial charge < -0.3 is 4.57 Å². The maximum atomic E-state index is 12.6. The van der Waals surface area contributed by atoms with E-state index in [0.29, 0.717) is 5.56 Å². The number of rotatable bonds is 5. The Labute approximate surface area is 170 Å². The highest BCUT2D eigenvalue weighted by atomic mass is 16.1. The quantitative estimate of drug-likeness (QED) is 0.401. The summed E-state index contributed by atoms with van der Waals surface area (Å²) in [7, 11) is 0. The lowest BCUT2D eigenvalue weighted by molar-refractivity contribution is -0.116. The molecule has 1 aromatic heterocycles. The highest BCUT2D eigenvalue weighted by Crippen LogP contribution is 2.36. The van der Waals surface area contributed by atoms with Crippen LogP contribution in [-0.2, 0) is 11.2 Å². The van der Waals surface area contributed by atoms with Gasteiger partial charge in [-0.15, -0.1) is 0 Å². The van der Waals surface area contributed by atoms with Crippen molar-refractivity contribution in [2.24, 2.45) is 0 Å². The van der Waals surface area contributed by atoms with Crippen LogP contribution in [0.25, 0.3) is 27.7 Å². The molecule has 4 rings (SSSR count). The molecular weight excluding hydrogens is 358 g/mol. The van der Waals surface area contributed by atoms with E-state index in [1.165, 1.54) is 0 Å². The largest absolute Gasteiger partial charge is 0.313 e. The lowest BCUT2D eigenvalue weighted by Gasteiger charge is -2.14. The molecule has 3 nitrogen and oxygen atoms in total. The molecule has 0 fully saturated rings. The number of benzene rings is 3. The standard InChI is InChI=1S/C26H23NO2/c1-17(28)15-24-25(19(3)29)18(2)27(23-11-5-4-6-12-23)26(24)22-14-13-20-9-7-8-10-21(20)16-22/h4-14,16H,15H2,1-3H3. The minimum Gasteiger partial charge on any atom is -0.313 e. The van der Waals surface area contributed by atoms with Gasteiger partial charge in [0.05, 0.1) is 5.69 Å². The van der Waals surface area contributed by atoms with Crippen LogP contribution in [-0.4, -0.2) is 16.1 Å². The Morgan fingerprint density at radius 3 is 2.14 bits per heavy atom. The van der Waals surface area contributed by atoms with Crippen molar-refractivity contribution in [2.45, 2.75) is 27.2 Å². The van der Waals surface area contributed by atoms with Gasteiger partial charge in [0.1, 0.15) is 5.78 Å². The summed E-state index contributed by atoms with van der Waals surface area (Å²) in [6.07, 6.45) is 0.234. The summed E-state index contributed by atoms with van der Waals surface area (Å²) in [5, 5.41) is 2.28. The molecule has 0 aliphatic carbocycles. The minimum atomic E-state index is -0.0181. The van der Waals surface area contributed by atoms with Crippen molar-refractivity contribution in [2.75, 3.05) is 0 Å². The van der Waals surface area contributed by atoms with Gasteiger partial charge in [-0.1, -0.05) is 54.6 Å². The van der Waals surface area contributed by atoms with Crippen molar-refractivity contribution in [1.29, 1.82) is 0 Å². The number of Topliss-reactive ketones (excluding diaryl/α,β-unsaturated/α-hetero) is 2. The van der Waals surface area contributed by atoms with Crippen LogP contribution in [0.4, 0.5) is 0 Å². The highest BCUT2D eigenvalue weighted by Gasteiger charge is 2.25. The minimum absolute atomic E-state index is 0.0181. The van der Waals surface area contributed by atoms with Gasteiger partial charge >= 0.3 is 0 Å². The first-order chi connectivity index (χ1) is 14.0. The third-order valence-corrected chi connectivity index (χ3v) is 5.32. The summed E-state index contributed by atoms with van der Waals surface area (Å²) in [5.41, 5.74) is 5.21. The molecule has 0 saturated heterocycles. The first-order valence-corrected chi connectivity index (χ1v) is 9.76. The van der Waals surface area contributed by atoms with E-state index in [-0.39, 0.29) is 18.0 Å². The molecule has 1 heterocycles. The first kappa shape index (κ1) is 18.9. The van der Waals surface area contributed by atoms with Gasteiger partial charge in [-0.2, -0.15) is 0 Å². The Balaban J connectivity index is 2.10. The molecule has 0 spiro atoms. The predicted octanol–water partition coefficient (Wildman–Crippen LogP) is 5.94. The topological polar surface area (TPSA) is 39.1 Å². The van der Waals surface area contributed by atoms with Crippen LogP contribution in [0.2, 0.25) is 0 Å². The van der Waals surface area contributed by atoms with Crippen molar-refractivity contribution in [3.05, 3.63) is 89.6 Å². The maximum absolute atomic E-state index is 12.6. The molecule has 0 N–H and O–H groups in total. The number of carbonyl (C=O) groups is 2. The number of aromatic nitrogens is 1. The number of hydrogen-bond acceptors (Lipinski definition) is 2. The zero-order chi connectivity index (χ0) is 20.5. The lowest BCUT2D eigenvalue weighted by atomic mass is 9.96. The molecule has 0 amide bonds. The fourth-order valence-corrected chi connectivity index (χ4v) is 4.18. The normalized spacial score (nSPS) is 11.0. The second kappa shape index (κ2) is 7.51. The SMILES string of the molecule is CC(=O)Cc1c(C(C)=O)c(C)n(-c2ccccc2)c1-c1ccc2ccccc2c1. The summed E-state index contributed by atoms with van der Waals surface area (Å²) in [6, 6.07) is 24.5. The molecule has 0 radical (unpaired) electrons. The van der Waals surface area contributed by atoms with Crippen LogP contribution < -0.4 is 0 Å². The second-order valence-corrected chi connectivity index (χ2v) is 7.46. The van der Waals surface area contributed by atoms with Crippen molar-refractivity contribution in [1.82, 2.24) is 4.57 Å². The second-order valence-electron chi connectivity index (χ2n) is 7.46. The smallest absolute Gasteiger partial charge is 0.161 e. The summed E-state index contributed by atoms with van der Waals surface area (Å²) in [5.74, 6) is 0.0234. The van der Waals surface area contributed by atoms with Crippen LogP contribution in [0.5, 0.6) is 0 Å². The van der Waals surface area contributed by atoms with E-state index < -0.39 is 0 Å². The summed E-state index contributed by atoms with van der Waals surface area (Å²) < 4.78 is 2.11. The molecule has 29 heavy (non-hydrogen) atoms. The Morgan fingerprint density at radius 2 is 1.48 bits per heavy atom. The van der Waals surface area contributed by atoms with Crippen LogP contribution >= 0.6 is 0 Å². The number of fused-ring (bicyclic) bond motifs is 1. The van der Waals surface area contributed by atoms with Gasteiger partial charge in [-0.25, -0.2) is 0 Å². The third kappa shape index (κ3) is 3.40. The number of hydrogen-bond donors (Lipinski definition) is 0. The van der Waals surface area contributed by atoms with Gasteiger partial charge in [0.25, 0.3) is 0 Å². The summed E-state index contributed by atoms with van der Waals surface area (Å²) in [4.78, 5) is 24.7. The van der Waals surface area contributed by atoms with Gasteiger partial charge in [-0.05, 0) is 60.9 Å². The summed E-state index contributed by atoms with van der Waals surface area (Å²) >= 11 is 0. The Morgan fingerprint density at radius 1 is 0.828 bits per heavy atom. The molecule has 0 saturated carbocycles. The molecule has 4 aromatic rings. The third-order valence-electron chi connectivity index (χ3n) is 5.32. The monoisotopic (exact) mass is 381 g/mol. The maximum Gasteiger partial charge on any atom is 0.161 e. The molecule has 0 bridgehead atoms. The molecule has 0 aliphatic rings. The van der Waals surface area contributed by atoms with Crippen LogP contribution in [0, 0.1) is 6.92 Å². The van der Waals surface area contributed by atoms with Crippen LogP contribution in [0.1, 0.15) is 35.5 Å². The molecule has 0 atom stereocenters. The van der Waals surface area contributed by atoms with Gasteiger partial charge in [-0.3, -0.25) is 9.59 Å². The molecule has 0 unspecified atom stereocenters. The van der Waals surface area contributed by atoms with E-state index in [0.717, 1.165) is 39.0 Å². The van der Waals surface area contributed by atoms with Gasteiger partial charge in [0.2, 0.25) is 0 Å². The van der Waals surface area contributed by atoms with Gasteiger partial charge in [0.15, 0.2) is 5.78 Å². The molecular formula is C26H23NO2. The van der Waals surface area contributed by atoms with E-state index in [2.05, 4.69) is 34.9 Å². The molecule has 144 valence electrons. The van der Waals surface area contributed by atoms with E-state index in [1.54, 1.807) is 13.8 Å². The van der Waals surface area contributed by atoms with E-state index in [1.807, 2.05) is 49.4 Å². The lowest BCUT2D eigenvalue weighted by Crippen LogP contribution is -2.04. The summed E-state index contributed by atoms with van der Waals surface area (Å²) in [6.45, 7) is 5.10. The van der Waals surface area contributed by atoms with Crippen molar-refractivity contribution >= 4 is 22.3 Å². The number of carbonyl (C=O) groups excluding carboxylic acids is 2. The number of nitrogens with zero attached hydrogens (tertiary/aromatic N) is 1. The Hall–Kier alpha value is -3.46. The average Bonchev–Trinajstić information content (AvgIpc) is 2.99.